The van der Waals surface area contributed by atoms with Gasteiger partial charge < -0.3 is 4.98 Å². The van der Waals surface area contributed by atoms with E-state index in [1.165, 1.54) is 24.3 Å². The van der Waals surface area contributed by atoms with Crippen molar-refractivity contribution in [3.05, 3.63) is 45.5 Å². The number of H-pyrrole nitrogens is 1. The van der Waals surface area contributed by atoms with E-state index in [0.717, 1.165) is 0 Å². The monoisotopic (exact) mass is 197 g/mol. The summed E-state index contributed by atoms with van der Waals surface area (Å²) in [7, 11) is 0. The molecule has 0 aliphatic heterocycles. The Morgan fingerprint density at radius 1 is 1.31 bits per heavy atom. The van der Waals surface area contributed by atoms with Crippen LogP contribution in [0.25, 0.3) is 10.9 Å². The van der Waals surface area contributed by atoms with Crippen LogP contribution in [-0.2, 0) is 0 Å². The number of aromatic amines is 1. The van der Waals surface area contributed by atoms with E-state index in [1.807, 2.05) is 0 Å². The molecule has 2 rings (SSSR count). The molecule has 0 aliphatic carbocycles. The molecule has 1 N–H and O–H groups in total. The maximum absolute atomic E-state index is 12.7. The quantitative estimate of drug-likeness (QED) is 0.691. The molecule has 0 unspecified atom stereocenters. The first-order valence-corrected chi connectivity index (χ1v) is 4.03. The van der Waals surface area contributed by atoms with Gasteiger partial charge in [-0.25, -0.2) is 4.39 Å². The predicted octanol–water partition coefficient (Wildman–Crippen LogP) is 2.32. The molecule has 1 aromatic carbocycles. The summed E-state index contributed by atoms with van der Waals surface area (Å²) < 4.78 is 12.7. The van der Waals surface area contributed by atoms with Gasteiger partial charge in [0.2, 0.25) is 5.56 Å². The minimum atomic E-state index is -0.398. The lowest BCUT2D eigenvalue weighted by atomic mass is 10.2. The van der Waals surface area contributed by atoms with Gasteiger partial charge in [-0.2, -0.15) is 0 Å². The molecule has 0 spiro atoms. The lowest BCUT2D eigenvalue weighted by molar-refractivity contribution is 0.629. The van der Waals surface area contributed by atoms with Crippen molar-refractivity contribution in [2.24, 2.45) is 0 Å². The van der Waals surface area contributed by atoms with Gasteiger partial charge in [0.05, 0.1) is 10.5 Å². The van der Waals surface area contributed by atoms with Crippen molar-refractivity contribution in [2.75, 3.05) is 0 Å². The van der Waals surface area contributed by atoms with Crippen LogP contribution >= 0.6 is 11.6 Å². The standard InChI is InChI=1S/C9H5ClFNO/c10-7-4-9(13)12-8-3-5(11)1-2-6(7)8/h1-4H,(H,12,13). The third-order valence-electron chi connectivity index (χ3n) is 1.75. The van der Waals surface area contributed by atoms with E-state index in [9.17, 15) is 9.18 Å². The van der Waals surface area contributed by atoms with E-state index < -0.39 is 5.82 Å². The molecule has 0 saturated heterocycles. The minimum absolute atomic E-state index is 0.330. The van der Waals surface area contributed by atoms with Crippen LogP contribution in [0.1, 0.15) is 0 Å². The zero-order valence-corrected chi connectivity index (χ0v) is 7.23. The number of halogens is 2. The Kier molecular flexibility index (Phi) is 1.81. The maximum Gasteiger partial charge on any atom is 0.249 e. The summed E-state index contributed by atoms with van der Waals surface area (Å²) in [6.07, 6.45) is 0. The van der Waals surface area contributed by atoms with E-state index >= 15 is 0 Å². The number of nitrogens with one attached hydrogen (secondary N) is 1. The average molecular weight is 198 g/mol. The molecule has 0 atom stereocenters. The van der Waals surface area contributed by atoms with Crippen LogP contribution in [0.15, 0.2) is 29.1 Å². The van der Waals surface area contributed by atoms with Crippen molar-refractivity contribution in [1.29, 1.82) is 0 Å². The van der Waals surface area contributed by atoms with Crippen LogP contribution in [0.3, 0.4) is 0 Å². The third kappa shape index (κ3) is 1.42. The smallest absolute Gasteiger partial charge is 0.249 e. The second-order valence-electron chi connectivity index (χ2n) is 2.67. The van der Waals surface area contributed by atoms with Gasteiger partial charge in [-0.3, -0.25) is 4.79 Å². The number of benzene rings is 1. The fourth-order valence-corrected chi connectivity index (χ4v) is 1.45. The van der Waals surface area contributed by atoms with Crippen molar-refractivity contribution in [3.8, 4) is 0 Å². The second kappa shape index (κ2) is 2.85. The fraction of sp³-hybridized carbons (Fsp3) is 0. The Balaban J connectivity index is 2.94. The van der Waals surface area contributed by atoms with Crippen molar-refractivity contribution < 1.29 is 4.39 Å². The molecule has 0 fully saturated rings. The summed E-state index contributed by atoms with van der Waals surface area (Å²) in [6, 6.07) is 5.33. The molecule has 2 nitrogen and oxygen atoms in total. The Hall–Kier alpha value is -1.35. The predicted molar refractivity (Wildman–Crippen MR) is 49.5 cm³/mol. The molecule has 13 heavy (non-hydrogen) atoms. The van der Waals surface area contributed by atoms with Crippen LogP contribution in [0, 0.1) is 5.82 Å². The zero-order valence-electron chi connectivity index (χ0n) is 6.47. The first-order valence-electron chi connectivity index (χ1n) is 3.65. The number of aromatic nitrogens is 1. The summed E-state index contributed by atoms with van der Waals surface area (Å²) in [5, 5.41) is 0.974. The topological polar surface area (TPSA) is 32.9 Å². The molecule has 0 aliphatic rings. The largest absolute Gasteiger partial charge is 0.322 e. The summed E-state index contributed by atoms with van der Waals surface area (Å²) >= 11 is 5.77. The second-order valence-corrected chi connectivity index (χ2v) is 3.08. The van der Waals surface area contributed by atoms with Gasteiger partial charge >= 0.3 is 0 Å². The van der Waals surface area contributed by atoms with Crippen molar-refractivity contribution in [2.45, 2.75) is 0 Å². The highest BCUT2D eigenvalue weighted by Gasteiger charge is 2.01. The molecule has 4 heteroatoms. The molecular weight excluding hydrogens is 193 g/mol. The number of hydrogen-bond acceptors (Lipinski definition) is 1. The van der Waals surface area contributed by atoms with Gasteiger partial charge in [-0.15, -0.1) is 0 Å². The van der Waals surface area contributed by atoms with Gasteiger partial charge in [0.15, 0.2) is 0 Å². The van der Waals surface area contributed by atoms with Crippen molar-refractivity contribution >= 4 is 22.5 Å². The van der Waals surface area contributed by atoms with Gasteiger partial charge in [-0.05, 0) is 18.2 Å². The summed E-state index contributed by atoms with van der Waals surface area (Å²) in [6.45, 7) is 0. The van der Waals surface area contributed by atoms with Crippen LogP contribution in [0.2, 0.25) is 5.02 Å². The Morgan fingerprint density at radius 3 is 2.85 bits per heavy atom. The Morgan fingerprint density at radius 2 is 2.08 bits per heavy atom. The highest BCUT2D eigenvalue weighted by Crippen LogP contribution is 2.19. The van der Waals surface area contributed by atoms with E-state index in [0.29, 0.717) is 15.9 Å². The van der Waals surface area contributed by atoms with Gasteiger partial charge in [0.25, 0.3) is 0 Å². The lowest BCUT2D eigenvalue weighted by Gasteiger charge is -1.98. The first kappa shape index (κ1) is 8.26. The number of fused-ring (bicyclic) bond motifs is 1. The molecule has 2 aromatic rings. The van der Waals surface area contributed by atoms with Gasteiger partial charge in [-0.1, -0.05) is 11.6 Å². The van der Waals surface area contributed by atoms with Crippen LogP contribution < -0.4 is 5.56 Å². The van der Waals surface area contributed by atoms with E-state index in [1.54, 1.807) is 0 Å². The van der Waals surface area contributed by atoms with E-state index in [2.05, 4.69) is 4.98 Å². The molecule has 66 valence electrons. The Labute approximate surface area is 78.0 Å². The number of rotatable bonds is 0. The van der Waals surface area contributed by atoms with E-state index in [4.69, 9.17) is 11.6 Å². The molecule has 0 saturated carbocycles. The van der Waals surface area contributed by atoms with Crippen molar-refractivity contribution in [1.82, 2.24) is 4.98 Å². The summed E-state index contributed by atoms with van der Waals surface area (Å²) in [5.41, 5.74) is 0.0839. The molecule has 0 radical (unpaired) electrons. The Bertz CT molecular complexity index is 520. The fourth-order valence-electron chi connectivity index (χ4n) is 1.19. The van der Waals surface area contributed by atoms with E-state index in [-0.39, 0.29) is 5.56 Å². The molecule has 1 aromatic heterocycles. The first-order chi connectivity index (χ1) is 6.16. The molecular formula is C9H5ClFNO. The summed E-state index contributed by atoms with van der Waals surface area (Å²) in [4.78, 5) is 13.4. The average Bonchev–Trinajstić information content (AvgIpc) is 2.02. The lowest BCUT2D eigenvalue weighted by Crippen LogP contribution is -2.03. The molecule has 1 heterocycles. The minimum Gasteiger partial charge on any atom is -0.322 e. The normalized spacial score (nSPS) is 10.6. The van der Waals surface area contributed by atoms with Crippen molar-refractivity contribution in [3.63, 3.8) is 0 Å². The highest BCUT2D eigenvalue weighted by atomic mass is 35.5. The van der Waals surface area contributed by atoms with Crippen LogP contribution in [0.4, 0.5) is 4.39 Å². The van der Waals surface area contributed by atoms with Crippen LogP contribution in [0.5, 0.6) is 0 Å². The SMILES string of the molecule is O=c1cc(Cl)c2ccc(F)cc2[nH]1. The van der Waals surface area contributed by atoms with Gasteiger partial charge in [0, 0.05) is 11.5 Å². The number of pyridine rings is 1. The number of hydrogen-bond donors (Lipinski definition) is 1. The van der Waals surface area contributed by atoms with Crippen LogP contribution in [-0.4, -0.2) is 4.98 Å². The van der Waals surface area contributed by atoms with Gasteiger partial charge in [0.1, 0.15) is 5.82 Å². The molecule has 0 amide bonds. The zero-order chi connectivity index (χ0) is 9.42. The summed E-state index contributed by atoms with van der Waals surface area (Å²) in [5.74, 6) is -0.398. The third-order valence-corrected chi connectivity index (χ3v) is 2.07. The highest BCUT2D eigenvalue weighted by molar-refractivity contribution is 6.35. The molecule has 0 bridgehead atoms. The maximum atomic E-state index is 12.7.